The molecule has 1 aliphatic heterocycles. The third kappa shape index (κ3) is 3.68. The summed E-state index contributed by atoms with van der Waals surface area (Å²) >= 11 is 0. The monoisotopic (exact) mass is 327 g/mol. The fourth-order valence-electron chi connectivity index (χ4n) is 2.82. The molecule has 1 amide bonds. The molecule has 1 heterocycles. The lowest BCUT2D eigenvalue weighted by Crippen LogP contribution is -2.25. The molecule has 0 aliphatic carbocycles. The third-order valence-corrected chi connectivity index (χ3v) is 3.97. The maximum Gasteiger partial charge on any atom is 0.251 e. The van der Waals surface area contributed by atoms with Crippen molar-refractivity contribution in [1.82, 2.24) is 5.32 Å². The van der Waals surface area contributed by atoms with Gasteiger partial charge >= 0.3 is 0 Å². The minimum Gasteiger partial charge on any atom is -0.454 e. The molecule has 2 aromatic carbocycles. The van der Waals surface area contributed by atoms with E-state index in [4.69, 9.17) is 9.47 Å². The van der Waals surface area contributed by atoms with Crippen molar-refractivity contribution < 1.29 is 19.4 Å². The number of hydrogen-bond donors (Lipinski definition) is 2. The van der Waals surface area contributed by atoms with Gasteiger partial charge in [-0.2, -0.15) is 0 Å². The Hall–Kier alpha value is -2.53. The minimum atomic E-state index is -0.668. The van der Waals surface area contributed by atoms with Gasteiger partial charge in [-0.15, -0.1) is 0 Å². The summed E-state index contributed by atoms with van der Waals surface area (Å²) < 4.78 is 10.6. The highest BCUT2D eigenvalue weighted by atomic mass is 16.7. The molecular formula is C19H21NO4. The fourth-order valence-corrected chi connectivity index (χ4v) is 2.82. The van der Waals surface area contributed by atoms with Crippen molar-refractivity contribution in [2.45, 2.75) is 26.4 Å². The van der Waals surface area contributed by atoms with Crippen molar-refractivity contribution in [1.29, 1.82) is 0 Å². The highest BCUT2D eigenvalue weighted by molar-refractivity contribution is 5.94. The van der Waals surface area contributed by atoms with Crippen LogP contribution in [0.1, 0.15) is 39.6 Å². The molecular weight excluding hydrogens is 306 g/mol. The predicted octanol–water partition coefficient (Wildman–Crippen LogP) is 2.89. The Kier molecular flexibility index (Phi) is 4.71. The Balaban J connectivity index is 1.55. The number of aliphatic hydroxyl groups excluding tert-OH is 1. The fraction of sp³-hybridized carbons (Fsp3) is 0.316. The zero-order valence-electron chi connectivity index (χ0n) is 13.8. The number of nitrogens with one attached hydrogen (secondary N) is 1. The number of rotatable bonds is 5. The molecule has 0 bridgehead atoms. The van der Waals surface area contributed by atoms with Gasteiger partial charge < -0.3 is 19.9 Å². The van der Waals surface area contributed by atoms with Gasteiger partial charge in [0.1, 0.15) is 0 Å². The molecule has 0 saturated heterocycles. The average Bonchev–Trinajstić information content (AvgIpc) is 3.01. The van der Waals surface area contributed by atoms with Crippen LogP contribution < -0.4 is 14.8 Å². The van der Waals surface area contributed by atoms with Crippen LogP contribution in [0.3, 0.4) is 0 Å². The van der Waals surface area contributed by atoms with Crippen LogP contribution >= 0.6 is 0 Å². The average molecular weight is 327 g/mol. The topological polar surface area (TPSA) is 67.8 Å². The van der Waals surface area contributed by atoms with Crippen LogP contribution in [0.2, 0.25) is 0 Å². The van der Waals surface area contributed by atoms with Crippen molar-refractivity contribution in [3.63, 3.8) is 0 Å². The van der Waals surface area contributed by atoms with Crippen LogP contribution in [0.5, 0.6) is 11.5 Å². The Bertz CT molecular complexity index is 737. The van der Waals surface area contributed by atoms with Crippen molar-refractivity contribution in [2.75, 3.05) is 13.3 Å². The van der Waals surface area contributed by atoms with Gasteiger partial charge in [0.2, 0.25) is 6.79 Å². The van der Waals surface area contributed by atoms with E-state index in [-0.39, 0.29) is 12.7 Å². The standard InChI is InChI=1S/C19H21NO4/c1-12-7-13(2)9-15(8-12)19(22)20-6-5-16(21)14-3-4-17-18(10-14)24-11-23-17/h3-4,7-10,16,21H,5-6,11H2,1-2H3,(H,20,22). The van der Waals surface area contributed by atoms with E-state index < -0.39 is 6.10 Å². The van der Waals surface area contributed by atoms with Crippen molar-refractivity contribution in [3.8, 4) is 11.5 Å². The van der Waals surface area contributed by atoms with Gasteiger partial charge in [-0.3, -0.25) is 4.79 Å². The number of benzene rings is 2. The number of aliphatic hydroxyl groups is 1. The Morgan fingerprint density at radius 3 is 2.58 bits per heavy atom. The summed E-state index contributed by atoms with van der Waals surface area (Å²) in [5.74, 6) is 1.21. The van der Waals surface area contributed by atoms with Gasteiger partial charge in [0, 0.05) is 12.1 Å². The summed E-state index contributed by atoms with van der Waals surface area (Å²) in [6.07, 6.45) is -0.241. The van der Waals surface area contributed by atoms with E-state index in [1.807, 2.05) is 38.1 Å². The van der Waals surface area contributed by atoms with Crippen LogP contribution in [0, 0.1) is 13.8 Å². The van der Waals surface area contributed by atoms with Crippen molar-refractivity contribution >= 4 is 5.91 Å². The lowest BCUT2D eigenvalue weighted by atomic mass is 10.1. The molecule has 0 spiro atoms. The summed E-state index contributed by atoms with van der Waals surface area (Å²) in [5.41, 5.74) is 3.51. The Labute approximate surface area is 141 Å². The first-order chi connectivity index (χ1) is 11.5. The maximum absolute atomic E-state index is 12.2. The first-order valence-electron chi connectivity index (χ1n) is 7.97. The van der Waals surface area contributed by atoms with E-state index in [9.17, 15) is 9.90 Å². The van der Waals surface area contributed by atoms with E-state index in [0.717, 1.165) is 16.7 Å². The number of carbonyl (C=O) groups is 1. The molecule has 126 valence electrons. The molecule has 24 heavy (non-hydrogen) atoms. The molecule has 5 nitrogen and oxygen atoms in total. The van der Waals surface area contributed by atoms with Crippen LogP contribution in [-0.4, -0.2) is 24.4 Å². The highest BCUT2D eigenvalue weighted by Crippen LogP contribution is 2.34. The SMILES string of the molecule is Cc1cc(C)cc(C(=O)NCCC(O)c2ccc3c(c2)OCO3)c1. The number of hydrogen-bond acceptors (Lipinski definition) is 4. The maximum atomic E-state index is 12.2. The second-order valence-corrected chi connectivity index (χ2v) is 6.05. The zero-order chi connectivity index (χ0) is 17.1. The molecule has 2 N–H and O–H groups in total. The van der Waals surface area contributed by atoms with Crippen LogP contribution in [0.15, 0.2) is 36.4 Å². The lowest BCUT2D eigenvalue weighted by Gasteiger charge is -2.13. The first kappa shape index (κ1) is 16.3. The van der Waals surface area contributed by atoms with Crippen LogP contribution in [-0.2, 0) is 0 Å². The van der Waals surface area contributed by atoms with Crippen molar-refractivity contribution in [2.24, 2.45) is 0 Å². The summed E-state index contributed by atoms with van der Waals surface area (Å²) in [7, 11) is 0. The molecule has 5 heteroatoms. The molecule has 3 rings (SSSR count). The third-order valence-electron chi connectivity index (χ3n) is 3.97. The molecule has 2 aromatic rings. The smallest absolute Gasteiger partial charge is 0.251 e. The number of fused-ring (bicyclic) bond motifs is 1. The molecule has 0 aromatic heterocycles. The number of ether oxygens (including phenoxy) is 2. The largest absolute Gasteiger partial charge is 0.454 e. The molecule has 1 atom stereocenters. The Morgan fingerprint density at radius 2 is 1.83 bits per heavy atom. The summed E-state index contributed by atoms with van der Waals surface area (Å²) in [6.45, 7) is 4.53. The molecule has 1 unspecified atom stereocenters. The van der Waals surface area contributed by atoms with Crippen LogP contribution in [0.4, 0.5) is 0 Å². The lowest BCUT2D eigenvalue weighted by molar-refractivity contribution is 0.0942. The molecule has 0 radical (unpaired) electrons. The summed E-state index contributed by atoms with van der Waals surface area (Å²) in [4.78, 5) is 12.2. The van der Waals surface area contributed by atoms with E-state index in [1.54, 1.807) is 12.1 Å². The number of carbonyl (C=O) groups excluding carboxylic acids is 1. The second-order valence-electron chi connectivity index (χ2n) is 6.05. The van der Waals surface area contributed by atoms with Crippen molar-refractivity contribution in [3.05, 3.63) is 58.7 Å². The van der Waals surface area contributed by atoms with Gasteiger partial charge in [-0.25, -0.2) is 0 Å². The molecule has 0 fully saturated rings. The van der Waals surface area contributed by atoms with Gasteiger partial charge in [-0.1, -0.05) is 23.3 Å². The normalized spacial score (nSPS) is 13.6. The van der Waals surface area contributed by atoms with E-state index in [2.05, 4.69) is 5.32 Å². The first-order valence-corrected chi connectivity index (χ1v) is 7.97. The number of aryl methyl sites for hydroxylation is 2. The van der Waals surface area contributed by atoms with E-state index in [0.29, 0.717) is 30.0 Å². The minimum absolute atomic E-state index is 0.125. The van der Waals surface area contributed by atoms with E-state index in [1.165, 1.54) is 0 Å². The summed E-state index contributed by atoms with van der Waals surface area (Å²) in [6, 6.07) is 11.1. The Morgan fingerprint density at radius 1 is 1.12 bits per heavy atom. The van der Waals surface area contributed by atoms with Gasteiger partial charge in [-0.05, 0) is 50.1 Å². The quantitative estimate of drug-likeness (QED) is 0.886. The predicted molar refractivity (Wildman–Crippen MR) is 90.4 cm³/mol. The zero-order valence-corrected chi connectivity index (χ0v) is 13.8. The van der Waals surface area contributed by atoms with Gasteiger partial charge in [0.25, 0.3) is 5.91 Å². The molecule has 1 aliphatic rings. The van der Waals surface area contributed by atoms with Gasteiger partial charge in [0.05, 0.1) is 6.10 Å². The number of amides is 1. The second kappa shape index (κ2) is 6.93. The summed E-state index contributed by atoms with van der Waals surface area (Å²) in [5, 5.41) is 13.1. The van der Waals surface area contributed by atoms with E-state index >= 15 is 0 Å². The highest BCUT2D eigenvalue weighted by Gasteiger charge is 2.16. The van der Waals surface area contributed by atoms with Gasteiger partial charge in [0.15, 0.2) is 11.5 Å². The molecule has 0 saturated carbocycles. The van der Waals surface area contributed by atoms with Crippen LogP contribution in [0.25, 0.3) is 0 Å².